The van der Waals surface area contributed by atoms with Crippen LogP contribution in [0.2, 0.25) is 0 Å². The topological polar surface area (TPSA) is 3.24 Å². The van der Waals surface area contributed by atoms with E-state index in [1.807, 2.05) is 6.08 Å². The van der Waals surface area contributed by atoms with Gasteiger partial charge in [0, 0.05) is 18.0 Å². The lowest BCUT2D eigenvalue weighted by Crippen LogP contribution is -2.34. The molecular weight excluding hydrogens is 193 g/mol. The van der Waals surface area contributed by atoms with Gasteiger partial charge in [-0.2, -0.15) is 0 Å². The summed E-state index contributed by atoms with van der Waals surface area (Å²) in [7, 11) is 0. The molecule has 70 valence electrons. The molecule has 1 heterocycles. The van der Waals surface area contributed by atoms with Crippen molar-refractivity contribution in [1.82, 2.24) is 4.90 Å². The SMILES string of the molecule is Cl/C=C/CN1CCC(CCl)CC1. The molecule has 0 aromatic heterocycles. The molecule has 0 amide bonds. The van der Waals surface area contributed by atoms with E-state index in [2.05, 4.69) is 4.90 Å². The number of hydrogen-bond donors (Lipinski definition) is 0. The zero-order valence-electron chi connectivity index (χ0n) is 7.18. The largest absolute Gasteiger partial charge is 0.300 e. The van der Waals surface area contributed by atoms with E-state index in [-0.39, 0.29) is 0 Å². The molecule has 1 aliphatic heterocycles. The molecule has 0 spiro atoms. The number of nitrogens with zero attached hydrogens (tertiary/aromatic N) is 1. The van der Waals surface area contributed by atoms with Crippen molar-refractivity contribution >= 4 is 23.2 Å². The van der Waals surface area contributed by atoms with Crippen LogP contribution in [0.3, 0.4) is 0 Å². The van der Waals surface area contributed by atoms with Crippen molar-refractivity contribution in [3.63, 3.8) is 0 Å². The maximum Gasteiger partial charge on any atom is 0.0252 e. The second kappa shape index (κ2) is 5.85. The summed E-state index contributed by atoms with van der Waals surface area (Å²) < 4.78 is 0. The van der Waals surface area contributed by atoms with Crippen LogP contribution in [0.5, 0.6) is 0 Å². The lowest BCUT2D eigenvalue weighted by Gasteiger charge is -2.29. The third kappa shape index (κ3) is 3.34. The molecule has 1 saturated heterocycles. The molecule has 0 aromatic carbocycles. The average Bonchev–Trinajstić information content (AvgIpc) is 2.15. The molecule has 1 rings (SSSR count). The Morgan fingerprint density at radius 1 is 1.33 bits per heavy atom. The normalized spacial score (nSPS) is 22.2. The van der Waals surface area contributed by atoms with Gasteiger partial charge < -0.3 is 0 Å². The summed E-state index contributed by atoms with van der Waals surface area (Å²) in [4.78, 5) is 2.40. The van der Waals surface area contributed by atoms with Crippen molar-refractivity contribution in [2.75, 3.05) is 25.5 Å². The van der Waals surface area contributed by atoms with Gasteiger partial charge in [0.2, 0.25) is 0 Å². The number of halogens is 2. The van der Waals surface area contributed by atoms with Crippen LogP contribution in [0.25, 0.3) is 0 Å². The molecule has 0 aromatic rings. The number of rotatable bonds is 3. The summed E-state index contributed by atoms with van der Waals surface area (Å²) in [6, 6.07) is 0. The summed E-state index contributed by atoms with van der Waals surface area (Å²) in [5.74, 6) is 1.56. The lowest BCUT2D eigenvalue weighted by atomic mass is 9.99. The number of hydrogen-bond acceptors (Lipinski definition) is 1. The van der Waals surface area contributed by atoms with Crippen LogP contribution >= 0.6 is 23.2 Å². The predicted molar refractivity (Wildman–Crippen MR) is 54.9 cm³/mol. The molecule has 0 unspecified atom stereocenters. The second-order valence-corrected chi connectivity index (χ2v) is 3.82. The van der Waals surface area contributed by atoms with E-state index in [0.717, 1.165) is 18.3 Å². The van der Waals surface area contributed by atoms with E-state index in [4.69, 9.17) is 23.2 Å². The number of piperidine rings is 1. The van der Waals surface area contributed by atoms with E-state index in [0.29, 0.717) is 0 Å². The molecule has 1 nitrogen and oxygen atoms in total. The van der Waals surface area contributed by atoms with E-state index >= 15 is 0 Å². The highest BCUT2D eigenvalue weighted by molar-refractivity contribution is 6.25. The predicted octanol–water partition coefficient (Wildman–Crippen LogP) is 2.69. The highest BCUT2D eigenvalue weighted by atomic mass is 35.5. The highest BCUT2D eigenvalue weighted by Gasteiger charge is 2.16. The van der Waals surface area contributed by atoms with Crippen LogP contribution in [-0.2, 0) is 0 Å². The quantitative estimate of drug-likeness (QED) is 0.644. The molecule has 0 radical (unpaired) electrons. The van der Waals surface area contributed by atoms with Crippen molar-refractivity contribution in [3.8, 4) is 0 Å². The van der Waals surface area contributed by atoms with Gasteiger partial charge in [-0.25, -0.2) is 0 Å². The Bertz CT molecular complexity index is 139. The van der Waals surface area contributed by atoms with Gasteiger partial charge in [0.15, 0.2) is 0 Å². The lowest BCUT2D eigenvalue weighted by molar-refractivity contribution is 0.212. The fourth-order valence-corrected chi connectivity index (χ4v) is 1.90. The van der Waals surface area contributed by atoms with Crippen LogP contribution in [0.4, 0.5) is 0 Å². The Hall–Kier alpha value is 0.280. The first-order valence-electron chi connectivity index (χ1n) is 4.40. The van der Waals surface area contributed by atoms with Crippen molar-refractivity contribution in [2.24, 2.45) is 5.92 Å². The zero-order valence-corrected chi connectivity index (χ0v) is 8.69. The molecule has 0 N–H and O–H groups in total. The highest BCUT2D eigenvalue weighted by Crippen LogP contribution is 2.17. The fraction of sp³-hybridized carbons (Fsp3) is 0.778. The first kappa shape index (κ1) is 10.4. The minimum absolute atomic E-state index is 0.739. The average molecular weight is 208 g/mol. The van der Waals surface area contributed by atoms with Gasteiger partial charge in [-0.1, -0.05) is 17.7 Å². The summed E-state index contributed by atoms with van der Waals surface area (Å²) in [5.41, 5.74) is 1.59. The molecule has 0 bridgehead atoms. The monoisotopic (exact) mass is 207 g/mol. The first-order valence-corrected chi connectivity index (χ1v) is 5.37. The van der Waals surface area contributed by atoms with E-state index < -0.39 is 0 Å². The minimum Gasteiger partial charge on any atom is -0.300 e. The van der Waals surface area contributed by atoms with Gasteiger partial charge in [-0.15, -0.1) is 11.6 Å². The van der Waals surface area contributed by atoms with Crippen LogP contribution in [0.15, 0.2) is 11.6 Å². The Morgan fingerprint density at radius 3 is 2.50 bits per heavy atom. The zero-order chi connectivity index (χ0) is 8.81. The second-order valence-electron chi connectivity index (χ2n) is 3.26. The maximum absolute atomic E-state index is 5.78. The van der Waals surface area contributed by atoms with E-state index in [1.165, 1.54) is 25.9 Å². The molecule has 0 atom stereocenters. The van der Waals surface area contributed by atoms with Gasteiger partial charge in [-0.3, -0.25) is 4.90 Å². The first-order chi connectivity index (χ1) is 5.86. The smallest absolute Gasteiger partial charge is 0.0252 e. The molecule has 12 heavy (non-hydrogen) atoms. The van der Waals surface area contributed by atoms with Crippen LogP contribution in [0, 0.1) is 5.92 Å². The molecule has 0 aliphatic carbocycles. The van der Waals surface area contributed by atoms with Gasteiger partial charge in [0.25, 0.3) is 0 Å². The number of alkyl halides is 1. The standard InChI is InChI=1S/C9H15Cl2N/c10-4-1-5-12-6-2-9(8-11)3-7-12/h1,4,9H,2-3,5-8H2/b4-1+. The Labute approximate surface area is 84.3 Å². The van der Waals surface area contributed by atoms with Crippen LogP contribution in [0.1, 0.15) is 12.8 Å². The van der Waals surface area contributed by atoms with Gasteiger partial charge in [0.05, 0.1) is 0 Å². The minimum atomic E-state index is 0.739. The van der Waals surface area contributed by atoms with Crippen molar-refractivity contribution in [1.29, 1.82) is 0 Å². The van der Waals surface area contributed by atoms with Crippen molar-refractivity contribution in [2.45, 2.75) is 12.8 Å². The fourth-order valence-electron chi connectivity index (χ4n) is 1.51. The molecular formula is C9H15Cl2N. The Morgan fingerprint density at radius 2 is 2.00 bits per heavy atom. The van der Waals surface area contributed by atoms with E-state index in [9.17, 15) is 0 Å². The maximum atomic E-state index is 5.78. The van der Waals surface area contributed by atoms with Crippen LogP contribution < -0.4 is 0 Å². The molecule has 1 fully saturated rings. The summed E-state index contributed by atoms with van der Waals surface area (Å²) >= 11 is 11.2. The van der Waals surface area contributed by atoms with Crippen molar-refractivity contribution < 1.29 is 0 Å². The number of likely N-dealkylation sites (tertiary alicyclic amines) is 1. The summed E-state index contributed by atoms with van der Waals surface area (Å²) in [5, 5.41) is 0. The van der Waals surface area contributed by atoms with Crippen molar-refractivity contribution in [3.05, 3.63) is 11.6 Å². The third-order valence-corrected chi connectivity index (χ3v) is 2.99. The third-order valence-electron chi connectivity index (χ3n) is 2.38. The summed E-state index contributed by atoms with van der Waals surface area (Å²) in [6.45, 7) is 3.32. The van der Waals surface area contributed by atoms with Crippen LogP contribution in [-0.4, -0.2) is 30.4 Å². The Kier molecular flexibility index (Phi) is 5.05. The van der Waals surface area contributed by atoms with Gasteiger partial charge in [0.1, 0.15) is 0 Å². The van der Waals surface area contributed by atoms with Gasteiger partial charge >= 0.3 is 0 Å². The Balaban J connectivity index is 2.17. The van der Waals surface area contributed by atoms with Gasteiger partial charge in [-0.05, 0) is 31.8 Å². The van der Waals surface area contributed by atoms with E-state index in [1.54, 1.807) is 5.54 Å². The summed E-state index contributed by atoms with van der Waals surface area (Å²) in [6.07, 6.45) is 4.46. The molecule has 1 aliphatic rings. The molecule has 0 saturated carbocycles. The molecule has 3 heteroatoms.